The van der Waals surface area contributed by atoms with Gasteiger partial charge < -0.3 is 10.6 Å². The van der Waals surface area contributed by atoms with Crippen LogP contribution in [0.25, 0.3) is 0 Å². The molecule has 1 fully saturated rings. The smallest absolute Gasteiger partial charge is 0.233 e. The molecule has 1 aromatic heterocycles. The molecule has 1 unspecified atom stereocenters. The van der Waals surface area contributed by atoms with Crippen molar-refractivity contribution in [3.63, 3.8) is 0 Å². The first-order valence-corrected chi connectivity index (χ1v) is 7.04. The molecule has 0 saturated carbocycles. The van der Waals surface area contributed by atoms with Gasteiger partial charge in [-0.15, -0.1) is 5.10 Å². The first kappa shape index (κ1) is 13.3. The second-order valence-corrected chi connectivity index (χ2v) is 5.35. The fourth-order valence-corrected chi connectivity index (χ4v) is 2.85. The van der Waals surface area contributed by atoms with Crippen molar-refractivity contribution in [1.29, 1.82) is 0 Å². The minimum Gasteiger partial charge on any atom is -0.355 e. The van der Waals surface area contributed by atoms with Gasteiger partial charge in [-0.05, 0) is 30.3 Å². The molecular formula is C10H18N6OS. The Morgan fingerprint density at radius 3 is 3.28 bits per heavy atom. The van der Waals surface area contributed by atoms with Crippen LogP contribution in [0.5, 0.6) is 0 Å². The van der Waals surface area contributed by atoms with Gasteiger partial charge in [0.05, 0.1) is 11.8 Å². The summed E-state index contributed by atoms with van der Waals surface area (Å²) in [4.78, 5) is 11.8. The van der Waals surface area contributed by atoms with E-state index in [1.54, 1.807) is 4.68 Å². The number of carbonyl (C=O) groups is 1. The second kappa shape index (κ2) is 6.69. The molecule has 8 heteroatoms. The lowest BCUT2D eigenvalue weighted by Crippen LogP contribution is -2.31. The number of amides is 1. The molecule has 0 bridgehead atoms. The molecule has 1 amide bonds. The molecule has 1 aliphatic heterocycles. The van der Waals surface area contributed by atoms with Gasteiger partial charge in [0.1, 0.15) is 0 Å². The largest absolute Gasteiger partial charge is 0.355 e. The highest BCUT2D eigenvalue weighted by Gasteiger charge is 2.24. The third-order valence-corrected chi connectivity index (χ3v) is 4.04. The Morgan fingerprint density at radius 1 is 1.56 bits per heavy atom. The zero-order chi connectivity index (χ0) is 12.8. The molecule has 2 rings (SSSR count). The van der Waals surface area contributed by atoms with Crippen molar-refractivity contribution in [2.75, 3.05) is 20.1 Å². The summed E-state index contributed by atoms with van der Waals surface area (Å²) in [6.07, 6.45) is 3.00. The zero-order valence-electron chi connectivity index (χ0n) is 10.4. The first-order valence-electron chi connectivity index (χ1n) is 6.16. The highest BCUT2D eigenvalue weighted by atomic mass is 32.2. The first-order chi connectivity index (χ1) is 8.81. The summed E-state index contributed by atoms with van der Waals surface area (Å²) in [5.74, 6) is 0.0978. The summed E-state index contributed by atoms with van der Waals surface area (Å²) in [7, 11) is 1.88. The molecule has 1 aromatic rings. The van der Waals surface area contributed by atoms with Crippen LogP contribution < -0.4 is 10.6 Å². The topological polar surface area (TPSA) is 84.7 Å². The van der Waals surface area contributed by atoms with Gasteiger partial charge in [0.2, 0.25) is 11.1 Å². The molecule has 0 aliphatic carbocycles. The predicted molar refractivity (Wildman–Crippen MR) is 68.2 cm³/mol. The van der Waals surface area contributed by atoms with E-state index < -0.39 is 0 Å². The number of nitrogens with one attached hydrogen (secondary N) is 2. The number of hydrogen-bond donors (Lipinski definition) is 2. The maximum atomic E-state index is 11.8. The van der Waals surface area contributed by atoms with Crippen molar-refractivity contribution >= 4 is 17.7 Å². The van der Waals surface area contributed by atoms with Gasteiger partial charge in [0, 0.05) is 13.1 Å². The lowest BCUT2D eigenvalue weighted by Gasteiger charge is -2.11. The monoisotopic (exact) mass is 270 g/mol. The van der Waals surface area contributed by atoms with Crippen LogP contribution in [0.3, 0.4) is 0 Å². The summed E-state index contributed by atoms with van der Waals surface area (Å²) in [5.41, 5.74) is 0. The van der Waals surface area contributed by atoms with Crippen LogP contribution in [0.4, 0.5) is 0 Å². The van der Waals surface area contributed by atoms with Crippen LogP contribution in [0.15, 0.2) is 5.16 Å². The van der Waals surface area contributed by atoms with E-state index in [0.29, 0.717) is 11.7 Å². The lowest BCUT2D eigenvalue weighted by atomic mass is 10.2. The third-order valence-electron chi connectivity index (χ3n) is 2.81. The molecular weight excluding hydrogens is 252 g/mol. The van der Waals surface area contributed by atoms with Crippen molar-refractivity contribution < 1.29 is 4.79 Å². The minimum absolute atomic E-state index is 0.0770. The molecule has 100 valence electrons. The van der Waals surface area contributed by atoms with Crippen LogP contribution in [0.1, 0.15) is 19.3 Å². The Morgan fingerprint density at radius 2 is 2.44 bits per heavy atom. The van der Waals surface area contributed by atoms with Crippen LogP contribution in [0, 0.1) is 0 Å². The Bertz CT molecular complexity index is 395. The molecule has 0 spiro atoms. The highest BCUT2D eigenvalue weighted by Crippen LogP contribution is 2.25. The number of tetrazole rings is 1. The van der Waals surface area contributed by atoms with E-state index in [1.807, 2.05) is 7.05 Å². The average Bonchev–Trinajstić information content (AvgIpc) is 2.71. The normalized spacial score (nSPS) is 20.5. The number of likely N-dealkylation sites (N-methyl/N-ethyl adjacent to an activating group) is 1. The van der Waals surface area contributed by atoms with Gasteiger partial charge in [0.25, 0.3) is 0 Å². The van der Waals surface area contributed by atoms with Crippen molar-refractivity contribution in [2.24, 2.45) is 0 Å². The van der Waals surface area contributed by atoms with Crippen LogP contribution in [-0.2, 0) is 11.3 Å². The van der Waals surface area contributed by atoms with Crippen molar-refractivity contribution in [2.45, 2.75) is 36.2 Å². The van der Waals surface area contributed by atoms with E-state index in [-0.39, 0.29) is 11.2 Å². The van der Waals surface area contributed by atoms with Crippen LogP contribution in [0.2, 0.25) is 0 Å². The summed E-state index contributed by atoms with van der Waals surface area (Å²) in [6.45, 7) is 2.29. The molecule has 0 aromatic carbocycles. The van der Waals surface area contributed by atoms with Gasteiger partial charge in [-0.3, -0.25) is 4.79 Å². The van der Waals surface area contributed by atoms with E-state index in [4.69, 9.17) is 0 Å². The van der Waals surface area contributed by atoms with Crippen molar-refractivity contribution in [3.8, 4) is 0 Å². The molecule has 18 heavy (non-hydrogen) atoms. The van der Waals surface area contributed by atoms with Gasteiger partial charge in [-0.2, -0.15) is 0 Å². The Labute approximate surface area is 110 Å². The van der Waals surface area contributed by atoms with E-state index >= 15 is 0 Å². The molecule has 1 atom stereocenters. The zero-order valence-corrected chi connectivity index (χ0v) is 11.2. The predicted octanol–water partition coefficient (Wildman–Crippen LogP) is -0.347. The fraction of sp³-hybridized carbons (Fsp3) is 0.800. The lowest BCUT2D eigenvalue weighted by molar-refractivity contribution is -0.120. The standard InChI is InChI=1S/C10H18N6OS/c1-11-6-7-16-10(13-14-15-16)18-8-4-2-3-5-12-9(8)17/h8,11H,2-7H2,1H3,(H,12,17). The maximum Gasteiger partial charge on any atom is 0.233 e. The Hall–Kier alpha value is -1.15. The summed E-state index contributed by atoms with van der Waals surface area (Å²) >= 11 is 1.46. The number of aromatic nitrogens is 4. The number of hydrogen-bond acceptors (Lipinski definition) is 6. The van der Waals surface area contributed by atoms with E-state index in [0.717, 1.165) is 32.4 Å². The second-order valence-electron chi connectivity index (χ2n) is 4.18. The summed E-state index contributed by atoms with van der Waals surface area (Å²) < 4.78 is 1.74. The van der Waals surface area contributed by atoms with Crippen molar-refractivity contribution in [3.05, 3.63) is 0 Å². The molecule has 1 saturated heterocycles. The third kappa shape index (κ3) is 3.42. The van der Waals surface area contributed by atoms with E-state index in [1.165, 1.54) is 11.8 Å². The molecule has 0 radical (unpaired) electrons. The van der Waals surface area contributed by atoms with E-state index in [2.05, 4.69) is 26.2 Å². The van der Waals surface area contributed by atoms with Gasteiger partial charge in [-0.25, -0.2) is 4.68 Å². The van der Waals surface area contributed by atoms with Gasteiger partial charge in [0.15, 0.2) is 0 Å². The number of carbonyl (C=O) groups excluding carboxylic acids is 1. The number of thioether (sulfide) groups is 1. The van der Waals surface area contributed by atoms with Crippen LogP contribution in [-0.4, -0.2) is 51.5 Å². The fourth-order valence-electron chi connectivity index (χ4n) is 1.79. The molecule has 1 aliphatic rings. The van der Waals surface area contributed by atoms with E-state index in [9.17, 15) is 4.79 Å². The number of rotatable bonds is 5. The van der Waals surface area contributed by atoms with Crippen LogP contribution >= 0.6 is 11.8 Å². The maximum absolute atomic E-state index is 11.8. The highest BCUT2D eigenvalue weighted by molar-refractivity contribution is 8.00. The Balaban J connectivity index is 1.99. The van der Waals surface area contributed by atoms with Gasteiger partial charge >= 0.3 is 0 Å². The molecule has 2 heterocycles. The van der Waals surface area contributed by atoms with Crippen molar-refractivity contribution in [1.82, 2.24) is 30.8 Å². The summed E-state index contributed by atoms with van der Waals surface area (Å²) in [5, 5.41) is 18.2. The Kier molecular flexibility index (Phi) is 4.94. The minimum atomic E-state index is -0.0770. The SMILES string of the molecule is CNCCn1nnnc1SC1CCCCNC1=O. The molecule has 7 nitrogen and oxygen atoms in total. The average molecular weight is 270 g/mol. The molecule has 2 N–H and O–H groups in total. The summed E-state index contributed by atoms with van der Waals surface area (Å²) in [6, 6.07) is 0. The number of nitrogens with zero attached hydrogens (tertiary/aromatic N) is 4. The van der Waals surface area contributed by atoms with Gasteiger partial charge in [-0.1, -0.05) is 18.2 Å². The quantitative estimate of drug-likeness (QED) is 0.761.